The van der Waals surface area contributed by atoms with Gasteiger partial charge in [0, 0.05) is 25.4 Å². The monoisotopic (exact) mass is 320 g/mol. The Labute approximate surface area is 136 Å². The molecule has 0 atom stereocenters. The summed E-state index contributed by atoms with van der Waals surface area (Å²) in [5, 5.41) is 0. The van der Waals surface area contributed by atoms with Crippen LogP contribution in [0.1, 0.15) is 25.7 Å². The van der Waals surface area contributed by atoms with E-state index in [0.29, 0.717) is 45.4 Å². The van der Waals surface area contributed by atoms with Gasteiger partial charge in [-0.05, 0) is 43.5 Å². The Morgan fingerprint density at radius 1 is 1.17 bits per heavy atom. The third kappa shape index (κ3) is 5.16. The van der Waals surface area contributed by atoms with Gasteiger partial charge in [0.25, 0.3) is 0 Å². The Morgan fingerprint density at radius 2 is 1.78 bits per heavy atom. The fourth-order valence-corrected chi connectivity index (χ4v) is 2.66. The smallest absolute Gasteiger partial charge is 0.222 e. The number of benzene rings is 1. The van der Waals surface area contributed by atoms with Gasteiger partial charge in [0.05, 0.1) is 13.7 Å². The van der Waals surface area contributed by atoms with Crippen LogP contribution in [0.2, 0.25) is 0 Å². The summed E-state index contributed by atoms with van der Waals surface area (Å²) >= 11 is 0. The second kappa shape index (κ2) is 8.41. The summed E-state index contributed by atoms with van der Waals surface area (Å²) in [5.74, 6) is 1.32. The maximum absolute atomic E-state index is 12.1. The Balaban J connectivity index is 1.64. The van der Waals surface area contributed by atoms with Gasteiger partial charge in [-0.15, -0.1) is 0 Å². The lowest BCUT2D eigenvalue weighted by Gasteiger charge is -2.30. The first kappa shape index (κ1) is 17.1. The average Bonchev–Trinajstić information content (AvgIpc) is 2.59. The normalized spacial score (nSPS) is 15.3. The van der Waals surface area contributed by atoms with Crippen LogP contribution in [0, 0.1) is 5.92 Å². The van der Waals surface area contributed by atoms with Crippen LogP contribution in [0.25, 0.3) is 0 Å². The van der Waals surface area contributed by atoms with Crippen LogP contribution in [-0.2, 0) is 9.59 Å². The molecule has 23 heavy (non-hydrogen) atoms. The van der Waals surface area contributed by atoms with Gasteiger partial charge in [0.1, 0.15) is 11.5 Å². The highest BCUT2D eigenvalue weighted by Crippen LogP contribution is 2.19. The molecule has 1 heterocycles. The zero-order valence-electron chi connectivity index (χ0n) is 13.5. The largest absolute Gasteiger partial charge is 0.497 e. The van der Waals surface area contributed by atoms with Crippen molar-refractivity contribution in [3.05, 3.63) is 24.3 Å². The van der Waals surface area contributed by atoms with Gasteiger partial charge in [-0.1, -0.05) is 0 Å². The molecule has 0 spiro atoms. The minimum Gasteiger partial charge on any atom is -0.497 e. The van der Waals surface area contributed by atoms with Crippen molar-refractivity contribution < 1.29 is 19.1 Å². The van der Waals surface area contributed by atoms with Crippen molar-refractivity contribution in [1.29, 1.82) is 0 Å². The van der Waals surface area contributed by atoms with Crippen molar-refractivity contribution in [2.75, 3.05) is 26.8 Å². The zero-order chi connectivity index (χ0) is 16.7. The predicted octanol–water partition coefficient (Wildman–Crippen LogP) is 1.58. The number of ether oxygens (including phenoxy) is 2. The highest BCUT2D eigenvalue weighted by Gasteiger charge is 2.25. The molecule has 126 valence electrons. The Hall–Kier alpha value is -2.24. The molecule has 6 heteroatoms. The zero-order valence-corrected chi connectivity index (χ0v) is 13.5. The molecule has 2 N–H and O–H groups in total. The maximum Gasteiger partial charge on any atom is 0.222 e. The topological polar surface area (TPSA) is 81.9 Å². The van der Waals surface area contributed by atoms with Crippen LogP contribution >= 0.6 is 0 Å². The molecule has 0 bridgehead atoms. The number of hydrogen-bond donors (Lipinski definition) is 1. The highest BCUT2D eigenvalue weighted by atomic mass is 16.5. The van der Waals surface area contributed by atoms with Crippen LogP contribution in [0.15, 0.2) is 24.3 Å². The molecule has 0 radical (unpaired) electrons. The van der Waals surface area contributed by atoms with Gasteiger partial charge in [0.15, 0.2) is 0 Å². The van der Waals surface area contributed by atoms with E-state index in [1.807, 2.05) is 29.2 Å². The van der Waals surface area contributed by atoms with Gasteiger partial charge in [-0.3, -0.25) is 9.59 Å². The molecule has 1 aliphatic heterocycles. The molecule has 0 saturated carbocycles. The van der Waals surface area contributed by atoms with E-state index in [2.05, 4.69) is 0 Å². The van der Waals surface area contributed by atoms with Crippen molar-refractivity contribution in [2.24, 2.45) is 11.7 Å². The number of carbonyl (C=O) groups is 2. The number of nitrogens with two attached hydrogens (primary N) is 1. The number of primary amides is 1. The fourth-order valence-electron chi connectivity index (χ4n) is 2.66. The molecule has 2 rings (SSSR count). The molecule has 1 aliphatic rings. The molecule has 2 amide bonds. The lowest BCUT2D eigenvalue weighted by atomic mass is 9.96. The summed E-state index contributed by atoms with van der Waals surface area (Å²) in [6.07, 6.45) is 2.46. The van der Waals surface area contributed by atoms with Crippen molar-refractivity contribution in [2.45, 2.75) is 25.7 Å². The van der Waals surface area contributed by atoms with E-state index in [-0.39, 0.29) is 17.7 Å². The van der Waals surface area contributed by atoms with E-state index in [1.165, 1.54) is 0 Å². The number of amides is 2. The van der Waals surface area contributed by atoms with Gasteiger partial charge in [0.2, 0.25) is 11.8 Å². The summed E-state index contributed by atoms with van der Waals surface area (Å²) in [6, 6.07) is 7.36. The van der Waals surface area contributed by atoms with Gasteiger partial charge in [-0.25, -0.2) is 0 Å². The van der Waals surface area contributed by atoms with E-state index in [9.17, 15) is 9.59 Å². The van der Waals surface area contributed by atoms with Gasteiger partial charge < -0.3 is 20.1 Å². The van der Waals surface area contributed by atoms with Crippen LogP contribution in [0.4, 0.5) is 0 Å². The molecule has 0 aliphatic carbocycles. The van der Waals surface area contributed by atoms with Crippen molar-refractivity contribution in [3.63, 3.8) is 0 Å². The number of methoxy groups -OCH3 is 1. The summed E-state index contributed by atoms with van der Waals surface area (Å²) < 4.78 is 10.7. The number of hydrogen-bond acceptors (Lipinski definition) is 4. The lowest BCUT2D eigenvalue weighted by Crippen LogP contribution is -2.41. The molecular weight excluding hydrogens is 296 g/mol. The molecule has 1 aromatic carbocycles. The van der Waals surface area contributed by atoms with Gasteiger partial charge >= 0.3 is 0 Å². The van der Waals surface area contributed by atoms with E-state index in [1.54, 1.807) is 7.11 Å². The summed E-state index contributed by atoms with van der Waals surface area (Å²) in [7, 11) is 1.62. The van der Waals surface area contributed by atoms with E-state index in [4.69, 9.17) is 15.2 Å². The second-order valence-corrected chi connectivity index (χ2v) is 5.68. The van der Waals surface area contributed by atoms with Crippen LogP contribution in [0.3, 0.4) is 0 Å². The van der Waals surface area contributed by atoms with Crippen LogP contribution in [-0.4, -0.2) is 43.5 Å². The Morgan fingerprint density at radius 3 is 2.35 bits per heavy atom. The molecule has 6 nitrogen and oxygen atoms in total. The minimum atomic E-state index is -0.259. The van der Waals surface area contributed by atoms with Crippen LogP contribution in [0.5, 0.6) is 11.5 Å². The molecule has 0 unspecified atom stereocenters. The summed E-state index contributed by atoms with van der Waals surface area (Å²) in [4.78, 5) is 25.0. The maximum atomic E-state index is 12.1. The molecule has 0 aromatic heterocycles. The number of carbonyl (C=O) groups excluding carboxylic acids is 2. The first-order chi connectivity index (χ1) is 11.1. The standard InChI is InChI=1S/C17H24N2O4/c1-22-14-4-6-15(7-5-14)23-12-2-3-16(20)19-10-8-13(9-11-19)17(18)21/h4-7,13H,2-3,8-12H2,1H3,(H2,18,21). The second-order valence-electron chi connectivity index (χ2n) is 5.68. The SMILES string of the molecule is COc1ccc(OCCCC(=O)N2CCC(C(N)=O)CC2)cc1. The summed E-state index contributed by atoms with van der Waals surface area (Å²) in [6.45, 7) is 1.73. The van der Waals surface area contributed by atoms with E-state index >= 15 is 0 Å². The average molecular weight is 320 g/mol. The predicted molar refractivity (Wildman–Crippen MR) is 86.2 cm³/mol. The quantitative estimate of drug-likeness (QED) is 0.773. The van der Waals surface area contributed by atoms with Crippen molar-refractivity contribution >= 4 is 11.8 Å². The number of likely N-dealkylation sites (tertiary alicyclic amines) is 1. The number of rotatable bonds is 7. The minimum absolute atomic E-state index is 0.0857. The molecule has 1 fully saturated rings. The summed E-state index contributed by atoms with van der Waals surface area (Å²) in [5.41, 5.74) is 5.29. The highest BCUT2D eigenvalue weighted by molar-refractivity contribution is 5.78. The van der Waals surface area contributed by atoms with Crippen molar-refractivity contribution in [3.8, 4) is 11.5 Å². The number of nitrogens with zero attached hydrogens (tertiary/aromatic N) is 1. The molecule has 1 aromatic rings. The first-order valence-corrected chi connectivity index (χ1v) is 7.94. The number of piperidine rings is 1. The fraction of sp³-hybridized carbons (Fsp3) is 0.529. The van der Waals surface area contributed by atoms with Gasteiger partial charge in [-0.2, -0.15) is 0 Å². The third-order valence-corrected chi connectivity index (χ3v) is 4.11. The van der Waals surface area contributed by atoms with E-state index in [0.717, 1.165) is 11.5 Å². The van der Waals surface area contributed by atoms with Crippen LogP contribution < -0.4 is 15.2 Å². The third-order valence-electron chi connectivity index (χ3n) is 4.11. The van der Waals surface area contributed by atoms with Crippen molar-refractivity contribution in [1.82, 2.24) is 4.90 Å². The first-order valence-electron chi connectivity index (χ1n) is 7.94. The molecule has 1 saturated heterocycles. The lowest BCUT2D eigenvalue weighted by molar-refractivity contribution is -0.135. The Bertz CT molecular complexity index is 522. The Kier molecular flexibility index (Phi) is 6.26. The van der Waals surface area contributed by atoms with E-state index < -0.39 is 0 Å². The molecular formula is C17H24N2O4.